The Kier molecular flexibility index (Phi) is 4.13. The number of carbonyl (C=O) groups is 1. The lowest BCUT2D eigenvalue weighted by atomic mass is 9.90. The molecule has 1 fully saturated rings. The van der Waals surface area contributed by atoms with Crippen LogP contribution in [0.25, 0.3) is 0 Å². The van der Waals surface area contributed by atoms with E-state index in [2.05, 4.69) is 5.32 Å². The Morgan fingerprint density at radius 2 is 2.06 bits per heavy atom. The third-order valence-electron chi connectivity index (χ3n) is 2.52. The molecule has 0 spiro atoms. The van der Waals surface area contributed by atoms with Gasteiger partial charge in [0.1, 0.15) is 11.8 Å². The number of hydrogen-bond donors (Lipinski definition) is 2. The molecule has 0 aromatic carbocycles. The summed E-state index contributed by atoms with van der Waals surface area (Å²) in [6.45, 7) is 5.32. The summed E-state index contributed by atoms with van der Waals surface area (Å²) in [6.07, 6.45) is -0.0185. The molecule has 5 heteroatoms. The molecule has 0 aliphatic heterocycles. The Morgan fingerprint density at radius 3 is 2.56 bits per heavy atom. The molecule has 0 heterocycles. The van der Waals surface area contributed by atoms with Crippen LogP contribution in [-0.2, 0) is 4.74 Å². The van der Waals surface area contributed by atoms with Gasteiger partial charge in [0.05, 0.1) is 6.04 Å². The number of amides is 1. The molecule has 3 unspecified atom stereocenters. The van der Waals surface area contributed by atoms with E-state index < -0.39 is 23.9 Å². The van der Waals surface area contributed by atoms with Gasteiger partial charge in [0, 0.05) is 6.04 Å². The van der Waals surface area contributed by atoms with Gasteiger partial charge in [-0.15, -0.1) is 0 Å². The lowest BCUT2D eigenvalue weighted by molar-refractivity contribution is 0.0445. The minimum atomic E-state index is -1.07. The van der Waals surface area contributed by atoms with E-state index in [0.29, 0.717) is 12.8 Å². The highest BCUT2D eigenvalue weighted by Gasteiger charge is 2.31. The second kappa shape index (κ2) is 4.99. The Labute approximate surface area is 95.7 Å². The molecule has 1 amide bonds. The van der Waals surface area contributed by atoms with E-state index >= 15 is 0 Å². The van der Waals surface area contributed by atoms with Crippen molar-refractivity contribution in [1.29, 1.82) is 0 Å². The van der Waals surface area contributed by atoms with Crippen LogP contribution >= 0.6 is 0 Å². The number of alkyl halides is 1. The molecule has 0 saturated heterocycles. The topological polar surface area (TPSA) is 64.3 Å². The van der Waals surface area contributed by atoms with Gasteiger partial charge in [-0.2, -0.15) is 0 Å². The Hall–Kier alpha value is -0.840. The predicted octanol–water partition coefficient (Wildman–Crippen LogP) is 1.73. The zero-order valence-corrected chi connectivity index (χ0v) is 10.1. The highest BCUT2D eigenvalue weighted by molar-refractivity contribution is 5.68. The molecule has 3 N–H and O–H groups in total. The van der Waals surface area contributed by atoms with Crippen LogP contribution in [0, 0.1) is 0 Å². The molecule has 0 aromatic rings. The van der Waals surface area contributed by atoms with Crippen molar-refractivity contribution in [2.24, 2.45) is 5.73 Å². The lowest BCUT2D eigenvalue weighted by Crippen LogP contribution is -2.49. The first-order chi connectivity index (χ1) is 7.28. The first kappa shape index (κ1) is 13.2. The highest BCUT2D eigenvalue weighted by atomic mass is 19.1. The summed E-state index contributed by atoms with van der Waals surface area (Å²) < 4.78 is 18.6. The number of ether oxygens (including phenoxy) is 1. The molecule has 16 heavy (non-hydrogen) atoms. The van der Waals surface area contributed by atoms with Crippen molar-refractivity contribution in [3.63, 3.8) is 0 Å². The zero-order valence-electron chi connectivity index (χ0n) is 10.1. The van der Waals surface area contributed by atoms with E-state index in [1.54, 1.807) is 20.8 Å². The van der Waals surface area contributed by atoms with E-state index in [0.717, 1.165) is 6.42 Å². The van der Waals surface area contributed by atoms with Crippen molar-refractivity contribution in [3.8, 4) is 0 Å². The molecule has 1 aliphatic rings. The van der Waals surface area contributed by atoms with Gasteiger partial charge in [0.25, 0.3) is 0 Å². The second-order valence-electron chi connectivity index (χ2n) is 5.34. The number of hydrogen-bond acceptors (Lipinski definition) is 3. The first-order valence-electron chi connectivity index (χ1n) is 5.67. The van der Waals surface area contributed by atoms with Crippen LogP contribution in [-0.4, -0.2) is 29.9 Å². The average Bonchev–Trinajstić information content (AvgIpc) is 2.06. The van der Waals surface area contributed by atoms with E-state index in [9.17, 15) is 9.18 Å². The van der Waals surface area contributed by atoms with Gasteiger partial charge in [0.2, 0.25) is 0 Å². The quantitative estimate of drug-likeness (QED) is 0.723. The summed E-state index contributed by atoms with van der Waals surface area (Å²) in [4.78, 5) is 11.4. The van der Waals surface area contributed by atoms with Crippen LogP contribution in [0.5, 0.6) is 0 Å². The van der Waals surface area contributed by atoms with Crippen LogP contribution < -0.4 is 11.1 Å². The van der Waals surface area contributed by atoms with Gasteiger partial charge in [-0.05, 0) is 40.0 Å². The van der Waals surface area contributed by atoms with Gasteiger partial charge in [-0.25, -0.2) is 9.18 Å². The lowest BCUT2D eigenvalue weighted by Gasteiger charge is -2.31. The minimum absolute atomic E-state index is 0.0910. The maximum atomic E-state index is 13.5. The standard InChI is InChI=1S/C11H21FN2O2/c1-11(2,3)16-10(15)14-9-5-4-7(13)6-8(9)12/h7-9H,4-6,13H2,1-3H3,(H,14,15). The third-order valence-corrected chi connectivity index (χ3v) is 2.52. The van der Waals surface area contributed by atoms with E-state index in [-0.39, 0.29) is 6.04 Å². The Bertz CT molecular complexity index is 253. The summed E-state index contributed by atoms with van der Waals surface area (Å²) in [6, 6.07) is -0.554. The third kappa shape index (κ3) is 4.35. The van der Waals surface area contributed by atoms with Crippen molar-refractivity contribution in [2.45, 2.75) is 63.9 Å². The summed E-state index contributed by atoms with van der Waals surface area (Å²) in [5, 5.41) is 2.55. The number of alkyl carbamates (subject to hydrolysis) is 1. The van der Waals surface area contributed by atoms with Crippen molar-refractivity contribution in [2.75, 3.05) is 0 Å². The number of nitrogens with one attached hydrogen (secondary N) is 1. The van der Waals surface area contributed by atoms with E-state index in [4.69, 9.17) is 10.5 Å². The number of halogens is 1. The molecule has 0 aromatic heterocycles. The van der Waals surface area contributed by atoms with E-state index in [1.165, 1.54) is 0 Å². The number of rotatable bonds is 1. The summed E-state index contributed by atoms with van der Waals surface area (Å²) in [5.74, 6) is 0. The average molecular weight is 232 g/mol. The van der Waals surface area contributed by atoms with Crippen molar-refractivity contribution < 1.29 is 13.9 Å². The SMILES string of the molecule is CC(C)(C)OC(=O)NC1CCC(N)CC1F. The van der Waals surface area contributed by atoms with E-state index in [1.807, 2.05) is 0 Å². The maximum Gasteiger partial charge on any atom is 0.407 e. The molecular weight excluding hydrogens is 211 g/mol. The van der Waals surface area contributed by atoms with Crippen LogP contribution in [0.3, 0.4) is 0 Å². The highest BCUT2D eigenvalue weighted by Crippen LogP contribution is 2.21. The summed E-state index contributed by atoms with van der Waals surface area (Å²) in [7, 11) is 0. The molecule has 3 atom stereocenters. The molecule has 1 aliphatic carbocycles. The zero-order chi connectivity index (χ0) is 12.3. The monoisotopic (exact) mass is 232 g/mol. The molecule has 94 valence electrons. The first-order valence-corrected chi connectivity index (χ1v) is 5.67. The van der Waals surface area contributed by atoms with Gasteiger partial charge < -0.3 is 15.8 Å². The van der Waals surface area contributed by atoms with Gasteiger partial charge in [-0.1, -0.05) is 0 Å². The maximum absolute atomic E-state index is 13.5. The summed E-state index contributed by atoms with van der Waals surface area (Å²) >= 11 is 0. The van der Waals surface area contributed by atoms with Crippen LogP contribution in [0.1, 0.15) is 40.0 Å². The Morgan fingerprint density at radius 1 is 1.44 bits per heavy atom. The van der Waals surface area contributed by atoms with Crippen molar-refractivity contribution in [3.05, 3.63) is 0 Å². The fraction of sp³-hybridized carbons (Fsp3) is 0.909. The number of nitrogens with two attached hydrogens (primary N) is 1. The molecule has 4 nitrogen and oxygen atoms in total. The van der Waals surface area contributed by atoms with Gasteiger partial charge in [-0.3, -0.25) is 0 Å². The van der Waals surface area contributed by atoms with Crippen LogP contribution in [0.2, 0.25) is 0 Å². The molecule has 0 radical (unpaired) electrons. The largest absolute Gasteiger partial charge is 0.444 e. The fourth-order valence-electron chi connectivity index (χ4n) is 1.77. The minimum Gasteiger partial charge on any atom is -0.444 e. The number of carbonyl (C=O) groups excluding carboxylic acids is 1. The van der Waals surface area contributed by atoms with Gasteiger partial charge in [0.15, 0.2) is 0 Å². The normalized spacial score (nSPS) is 30.9. The Balaban J connectivity index is 2.39. The smallest absolute Gasteiger partial charge is 0.407 e. The second-order valence-corrected chi connectivity index (χ2v) is 5.34. The van der Waals surface area contributed by atoms with Crippen LogP contribution in [0.4, 0.5) is 9.18 Å². The van der Waals surface area contributed by atoms with Crippen molar-refractivity contribution in [1.82, 2.24) is 5.32 Å². The summed E-state index contributed by atoms with van der Waals surface area (Å²) in [5.41, 5.74) is 5.08. The van der Waals surface area contributed by atoms with Crippen LogP contribution in [0.15, 0.2) is 0 Å². The van der Waals surface area contributed by atoms with Crippen molar-refractivity contribution >= 4 is 6.09 Å². The fourth-order valence-corrected chi connectivity index (χ4v) is 1.77. The molecule has 1 saturated carbocycles. The molecule has 1 rings (SSSR count). The van der Waals surface area contributed by atoms with Gasteiger partial charge >= 0.3 is 6.09 Å². The molecular formula is C11H21FN2O2. The molecule has 0 bridgehead atoms. The predicted molar refractivity (Wildman–Crippen MR) is 59.9 cm³/mol.